The Bertz CT molecular complexity index is 1110. The van der Waals surface area contributed by atoms with E-state index in [1.54, 1.807) is 0 Å². The van der Waals surface area contributed by atoms with Crippen LogP contribution >= 0.6 is 11.3 Å². The monoisotopic (exact) mass is 457 g/mol. The van der Waals surface area contributed by atoms with Crippen LogP contribution in [0.1, 0.15) is 20.0 Å². The minimum absolute atomic E-state index is 0.0420. The minimum Gasteiger partial charge on any atom is -0.484 e. The number of amides is 1. The number of halogens is 5. The highest BCUT2D eigenvalue weighted by Crippen LogP contribution is 2.36. The van der Waals surface area contributed by atoms with E-state index in [9.17, 15) is 36.6 Å². The van der Waals surface area contributed by atoms with E-state index in [4.69, 9.17) is 0 Å². The van der Waals surface area contributed by atoms with Crippen LogP contribution in [0.25, 0.3) is 10.4 Å². The van der Waals surface area contributed by atoms with Gasteiger partial charge in [-0.3, -0.25) is 4.79 Å². The van der Waals surface area contributed by atoms with Crippen molar-refractivity contribution in [3.05, 3.63) is 70.6 Å². The zero-order chi connectivity index (χ0) is 22.8. The van der Waals surface area contributed by atoms with Gasteiger partial charge in [0.15, 0.2) is 6.61 Å². The zero-order valence-electron chi connectivity index (χ0n) is 15.3. The van der Waals surface area contributed by atoms with Crippen LogP contribution in [0.15, 0.2) is 48.5 Å². The largest absolute Gasteiger partial charge is 0.484 e. The molecule has 0 aliphatic heterocycles. The first-order chi connectivity index (χ1) is 14.5. The lowest BCUT2D eigenvalue weighted by Gasteiger charge is -2.09. The molecule has 0 saturated carbocycles. The van der Waals surface area contributed by atoms with E-state index in [1.807, 2.05) is 0 Å². The summed E-state index contributed by atoms with van der Waals surface area (Å²) >= 11 is 0.767. The van der Waals surface area contributed by atoms with Gasteiger partial charge >= 0.3 is 12.1 Å². The molecule has 1 heterocycles. The van der Waals surface area contributed by atoms with Gasteiger partial charge in [0.25, 0.3) is 5.91 Å². The van der Waals surface area contributed by atoms with Gasteiger partial charge in [0.1, 0.15) is 27.8 Å². The summed E-state index contributed by atoms with van der Waals surface area (Å²) in [6.45, 7) is -1.46. The number of carboxylic acid groups (broad SMARTS) is 1. The van der Waals surface area contributed by atoms with Crippen LogP contribution in [0, 0.1) is 11.6 Å². The summed E-state index contributed by atoms with van der Waals surface area (Å²) in [6, 6.07) is 9.50. The molecule has 2 aromatic carbocycles. The molecule has 0 spiro atoms. The third kappa shape index (κ3) is 5.37. The molecule has 3 aromatic rings. The van der Waals surface area contributed by atoms with Gasteiger partial charge in [0.2, 0.25) is 0 Å². The highest BCUT2D eigenvalue weighted by molar-refractivity contribution is 7.18. The van der Waals surface area contributed by atoms with E-state index in [0.717, 1.165) is 29.5 Å². The number of anilines is 1. The first-order valence-corrected chi connectivity index (χ1v) is 9.29. The second kappa shape index (κ2) is 8.72. The maximum absolute atomic E-state index is 13.8. The average molecular weight is 457 g/mol. The number of alkyl halides is 3. The summed E-state index contributed by atoms with van der Waals surface area (Å²) in [5.41, 5.74) is -0.611. The minimum atomic E-state index is -4.49. The number of aromatic carboxylic acids is 1. The lowest BCUT2D eigenvalue weighted by molar-refractivity contribution is -0.153. The number of thiophene rings is 1. The van der Waals surface area contributed by atoms with Crippen molar-refractivity contribution >= 4 is 28.9 Å². The molecule has 0 radical (unpaired) electrons. The number of hydrogen-bond donors (Lipinski definition) is 2. The second-order valence-electron chi connectivity index (χ2n) is 6.14. The first kappa shape index (κ1) is 22.2. The van der Waals surface area contributed by atoms with Crippen molar-refractivity contribution in [1.29, 1.82) is 0 Å². The molecular formula is C20H12F5NO4S. The number of ether oxygens (including phenoxy) is 1. The third-order valence-corrected chi connectivity index (χ3v) is 5.08. The molecule has 0 atom stereocenters. The van der Waals surface area contributed by atoms with E-state index in [2.05, 4.69) is 10.1 Å². The normalized spacial score (nSPS) is 11.3. The zero-order valence-corrected chi connectivity index (χ0v) is 16.1. The number of carboxylic acids is 1. The highest BCUT2D eigenvalue weighted by Gasteiger charge is 2.28. The summed E-state index contributed by atoms with van der Waals surface area (Å²) in [6.07, 6.45) is -4.49. The molecule has 5 nitrogen and oxygen atoms in total. The molecular weight excluding hydrogens is 445 g/mol. The van der Waals surface area contributed by atoms with Crippen molar-refractivity contribution in [3.63, 3.8) is 0 Å². The molecule has 0 unspecified atom stereocenters. The summed E-state index contributed by atoms with van der Waals surface area (Å²) in [5, 5.41) is 11.6. The first-order valence-electron chi connectivity index (χ1n) is 8.47. The van der Waals surface area contributed by atoms with Crippen LogP contribution in [0.4, 0.5) is 27.6 Å². The maximum atomic E-state index is 13.8. The summed E-state index contributed by atoms with van der Waals surface area (Å²) in [7, 11) is 0. The molecule has 1 aromatic heterocycles. The van der Waals surface area contributed by atoms with E-state index >= 15 is 0 Å². The van der Waals surface area contributed by atoms with Gasteiger partial charge in [-0.25, -0.2) is 13.6 Å². The maximum Gasteiger partial charge on any atom is 0.422 e. The number of nitrogens with one attached hydrogen (secondary N) is 1. The molecule has 0 fully saturated rings. The number of hydrogen-bond acceptors (Lipinski definition) is 4. The Morgan fingerprint density at radius 3 is 2.19 bits per heavy atom. The Labute approximate surface area is 175 Å². The quantitative estimate of drug-likeness (QED) is 0.474. The lowest BCUT2D eigenvalue weighted by atomic mass is 10.1. The van der Waals surface area contributed by atoms with E-state index in [-0.39, 0.29) is 16.3 Å². The van der Waals surface area contributed by atoms with Gasteiger partial charge in [-0.2, -0.15) is 13.2 Å². The van der Waals surface area contributed by atoms with E-state index in [0.29, 0.717) is 10.4 Å². The van der Waals surface area contributed by atoms with Gasteiger partial charge in [0.05, 0.1) is 5.69 Å². The molecule has 0 bridgehead atoms. The number of rotatable bonds is 6. The Kier molecular flexibility index (Phi) is 6.25. The van der Waals surface area contributed by atoms with Gasteiger partial charge in [-0.05, 0) is 48.0 Å². The van der Waals surface area contributed by atoms with Crippen LogP contribution in [-0.2, 0) is 0 Å². The molecule has 2 N–H and O–H groups in total. The Morgan fingerprint density at radius 2 is 1.65 bits per heavy atom. The van der Waals surface area contributed by atoms with Crippen LogP contribution in [0.3, 0.4) is 0 Å². The summed E-state index contributed by atoms with van der Waals surface area (Å²) in [4.78, 5) is 23.9. The highest BCUT2D eigenvalue weighted by atomic mass is 32.1. The van der Waals surface area contributed by atoms with Crippen LogP contribution in [0.5, 0.6) is 5.75 Å². The Balaban J connectivity index is 1.85. The number of carbonyl (C=O) groups is 2. The molecule has 162 valence electrons. The molecule has 0 aliphatic carbocycles. The van der Waals surface area contributed by atoms with E-state index < -0.39 is 41.9 Å². The SMILES string of the molecule is O=C(O)c1sc(-c2ccc(OCC(F)(F)F)cc2)cc1NC(=O)c1c(F)cccc1F. The summed E-state index contributed by atoms with van der Waals surface area (Å²) < 4.78 is 68.9. The van der Waals surface area contributed by atoms with Gasteiger partial charge in [-0.15, -0.1) is 11.3 Å². The molecule has 31 heavy (non-hydrogen) atoms. The Morgan fingerprint density at radius 1 is 1.03 bits per heavy atom. The van der Waals surface area contributed by atoms with Crippen molar-refractivity contribution in [1.82, 2.24) is 0 Å². The van der Waals surface area contributed by atoms with Crippen molar-refractivity contribution in [2.24, 2.45) is 0 Å². The fraction of sp³-hybridized carbons (Fsp3) is 0.100. The van der Waals surface area contributed by atoms with Crippen molar-refractivity contribution in [2.45, 2.75) is 6.18 Å². The average Bonchev–Trinajstić information content (AvgIpc) is 3.10. The standard InChI is InChI=1S/C20H12F5NO4S/c21-12-2-1-3-13(22)16(12)18(27)26-14-8-15(31-17(14)19(28)29)10-4-6-11(7-5-10)30-9-20(23,24)25/h1-8H,9H2,(H,26,27)(H,28,29). The fourth-order valence-corrected chi connectivity index (χ4v) is 3.52. The van der Waals surface area contributed by atoms with E-state index in [1.165, 1.54) is 30.3 Å². The molecule has 1 amide bonds. The lowest BCUT2D eigenvalue weighted by Crippen LogP contribution is -2.19. The third-order valence-electron chi connectivity index (χ3n) is 3.91. The van der Waals surface area contributed by atoms with Gasteiger partial charge in [0, 0.05) is 4.88 Å². The van der Waals surface area contributed by atoms with Crippen LogP contribution in [0.2, 0.25) is 0 Å². The van der Waals surface area contributed by atoms with Crippen LogP contribution < -0.4 is 10.1 Å². The van der Waals surface area contributed by atoms with Crippen LogP contribution in [-0.4, -0.2) is 29.8 Å². The Hall–Kier alpha value is -3.47. The molecule has 11 heteroatoms. The molecule has 0 saturated heterocycles. The summed E-state index contributed by atoms with van der Waals surface area (Å²) in [5.74, 6) is -4.82. The topological polar surface area (TPSA) is 75.6 Å². The fourth-order valence-electron chi connectivity index (χ4n) is 2.57. The number of carbonyl (C=O) groups excluding carboxylic acids is 1. The molecule has 3 rings (SSSR count). The van der Waals surface area contributed by atoms with Crippen molar-refractivity contribution < 1.29 is 41.4 Å². The van der Waals surface area contributed by atoms with Crippen molar-refractivity contribution in [2.75, 3.05) is 11.9 Å². The second-order valence-corrected chi connectivity index (χ2v) is 7.19. The van der Waals surface area contributed by atoms with Gasteiger partial charge in [-0.1, -0.05) is 6.07 Å². The predicted octanol–water partition coefficient (Wildman–Crippen LogP) is 5.58. The smallest absolute Gasteiger partial charge is 0.422 e. The van der Waals surface area contributed by atoms with Crippen molar-refractivity contribution in [3.8, 4) is 16.2 Å². The molecule has 0 aliphatic rings. The predicted molar refractivity (Wildman–Crippen MR) is 103 cm³/mol. The number of benzene rings is 2. The van der Waals surface area contributed by atoms with Gasteiger partial charge < -0.3 is 15.2 Å².